The van der Waals surface area contributed by atoms with Crippen LogP contribution < -0.4 is 5.32 Å². The summed E-state index contributed by atoms with van der Waals surface area (Å²) < 4.78 is 0. The van der Waals surface area contributed by atoms with Crippen molar-refractivity contribution in [1.29, 1.82) is 0 Å². The van der Waals surface area contributed by atoms with E-state index >= 15 is 0 Å². The number of aliphatic hydroxyl groups is 1. The fourth-order valence-electron chi connectivity index (χ4n) is 1.76. The molecular weight excluding hydrogens is 212 g/mol. The van der Waals surface area contributed by atoms with Crippen molar-refractivity contribution in [2.45, 2.75) is 25.4 Å². The molecule has 1 amide bonds. The van der Waals surface area contributed by atoms with Crippen LogP contribution in [0.4, 0.5) is 0 Å². The van der Waals surface area contributed by atoms with Gasteiger partial charge < -0.3 is 15.5 Å². The van der Waals surface area contributed by atoms with Crippen molar-refractivity contribution in [3.05, 3.63) is 0 Å². The summed E-state index contributed by atoms with van der Waals surface area (Å²) in [5.74, 6) is -0.978. The maximum absolute atomic E-state index is 11.3. The van der Waals surface area contributed by atoms with Gasteiger partial charge in [0.1, 0.15) is 0 Å². The van der Waals surface area contributed by atoms with Crippen LogP contribution in [-0.2, 0) is 9.59 Å². The molecule has 0 aromatic rings. The topological polar surface area (TPSA) is 89.9 Å². The summed E-state index contributed by atoms with van der Waals surface area (Å²) in [4.78, 5) is 23.4. The van der Waals surface area contributed by atoms with E-state index in [2.05, 4.69) is 5.32 Å². The summed E-state index contributed by atoms with van der Waals surface area (Å²) in [5.41, 5.74) is -0.663. The zero-order chi connectivity index (χ0) is 12.2. The number of hydrogen-bond donors (Lipinski definition) is 3. The summed E-state index contributed by atoms with van der Waals surface area (Å²) in [5, 5.41) is 20.5. The number of β-amino-alcohol motifs (C(OH)–C–C–N with tert-alkyl or cyclic N) is 1. The van der Waals surface area contributed by atoms with Gasteiger partial charge in [0.2, 0.25) is 5.91 Å². The van der Waals surface area contributed by atoms with Crippen molar-refractivity contribution in [2.75, 3.05) is 26.2 Å². The van der Waals surface area contributed by atoms with Crippen molar-refractivity contribution < 1.29 is 19.8 Å². The Hall–Kier alpha value is -1.14. The molecule has 0 atom stereocenters. The Kier molecular flexibility index (Phi) is 4.26. The molecule has 0 aromatic carbocycles. The third kappa shape index (κ3) is 4.59. The number of hydrogen-bond acceptors (Lipinski definition) is 4. The molecule has 6 heteroatoms. The van der Waals surface area contributed by atoms with Crippen molar-refractivity contribution in [3.63, 3.8) is 0 Å². The molecule has 1 heterocycles. The number of carbonyl (C=O) groups is 2. The van der Waals surface area contributed by atoms with Crippen LogP contribution in [-0.4, -0.2) is 58.8 Å². The number of nitrogens with zero attached hydrogens (tertiary/aromatic N) is 1. The molecule has 3 N–H and O–H groups in total. The molecule has 0 radical (unpaired) electrons. The highest BCUT2D eigenvalue weighted by Gasteiger charge is 2.36. The van der Waals surface area contributed by atoms with Crippen LogP contribution in [0.25, 0.3) is 0 Å². The second-order valence-electron chi connectivity index (χ2n) is 4.49. The van der Waals surface area contributed by atoms with Crippen molar-refractivity contribution in [2.24, 2.45) is 0 Å². The minimum atomic E-state index is -0.854. The van der Waals surface area contributed by atoms with Gasteiger partial charge in [-0.25, -0.2) is 0 Å². The van der Waals surface area contributed by atoms with Gasteiger partial charge in [0.05, 0.1) is 12.1 Å². The van der Waals surface area contributed by atoms with Crippen molar-refractivity contribution in [1.82, 2.24) is 10.2 Å². The van der Waals surface area contributed by atoms with Crippen LogP contribution in [0.1, 0.15) is 19.8 Å². The fourth-order valence-corrected chi connectivity index (χ4v) is 1.76. The van der Waals surface area contributed by atoms with Gasteiger partial charge in [-0.3, -0.25) is 14.5 Å². The fraction of sp³-hybridized carbons (Fsp3) is 0.800. The first-order chi connectivity index (χ1) is 7.39. The molecule has 1 fully saturated rings. The molecule has 1 rings (SSSR count). The Labute approximate surface area is 94.2 Å². The van der Waals surface area contributed by atoms with Crippen LogP contribution in [0.2, 0.25) is 0 Å². The van der Waals surface area contributed by atoms with E-state index < -0.39 is 11.6 Å². The van der Waals surface area contributed by atoms with Crippen molar-refractivity contribution in [3.8, 4) is 0 Å². The summed E-state index contributed by atoms with van der Waals surface area (Å²) >= 11 is 0. The highest BCUT2D eigenvalue weighted by molar-refractivity contribution is 5.78. The van der Waals surface area contributed by atoms with Gasteiger partial charge in [0, 0.05) is 26.1 Å². The quantitative estimate of drug-likeness (QED) is 0.511. The van der Waals surface area contributed by atoms with Crippen molar-refractivity contribution >= 4 is 11.9 Å². The minimum Gasteiger partial charge on any atom is -0.481 e. The standard InChI is InChI=1S/C10H18N2O4/c1-10(16)6-12(7-10)5-8(13)11-4-2-3-9(14)15/h16H,2-7H2,1H3,(H,11,13)(H,14,15). The molecule has 1 aliphatic heterocycles. The highest BCUT2D eigenvalue weighted by atomic mass is 16.4. The number of aliphatic carboxylic acids is 1. The summed E-state index contributed by atoms with van der Waals surface area (Å²) in [6, 6.07) is 0. The number of carboxylic acids is 1. The van der Waals surface area contributed by atoms with Gasteiger partial charge in [-0.15, -0.1) is 0 Å². The average Bonchev–Trinajstić information content (AvgIpc) is 2.09. The second kappa shape index (κ2) is 5.27. The first-order valence-electron chi connectivity index (χ1n) is 5.32. The SMILES string of the molecule is CC1(O)CN(CC(=O)NCCCC(=O)O)C1. The Morgan fingerprint density at radius 3 is 2.56 bits per heavy atom. The Morgan fingerprint density at radius 1 is 1.44 bits per heavy atom. The first-order valence-corrected chi connectivity index (χ1v) is 5.32. The normalized spacial score (nSPS) is 18.9. The Morgan fingerprint density at radius 2 is 2.06 bits per heavy atom. The van der Waals surface area contributed by atoms with E-state index in [-0.39, 0.29) is 18.9 Å². The molecule has 92 valence electrons. The predicted molar refractivity (Wildman–Crippen MR) is 56.9 cm³/mol. The molecule has 0 spiro atoms. The van der Waals surface area contributed by atoms with Gasteiger partial charge >= 0.3 is 5.97 Å². The van der Waals surface area contributed by atoms with E-state index in [9.17, 15) is 14.7 Å². The number of carbonyl (C=O) groups excluding carboxylic acids is 1. The molecule has 16 heavy (non-hydrogen) atoms. The van der Waals surface area contributed by atoms with Crippen LogP contribution in [0.3, 0.4) is 0 Å². The lowest BCUT2D eigenvalue weighted by Crippen LogP contribution is -2.61. The number of rotatable bonds is 6. The van der Waals surface area contributed by atoms with E-state index in [4.69, 9.17) is 5.11 Å². The molecule has 0 aromatic heterocycles. The highest BCUT2D eigenvalue weighted by Crippen LogP contribution is 2.18. The zero-order valence-electron chi connectivity index (χ0n) is 9.40. The number of nitrogens with one attached hydrogen (secondary N) is 1. The van der Waals surface area contributed by atoms with Gasteiger partial charge in [-0.1, -0.05) is 0 Å². The summed E-state index contributed by atoms with van der Waals surface area (Å²) in [7, 11) is 0. The minimum absolute atomic E-state index is 0.0682. The van der Waals surface area contributed by atoms with Gasteiger partial charge in [-0.05, 0) is 13.3 Å². The largest absolute Gasteiger partial charge is 0.481 e. The van der Waals surface area contributed by atoms with Gasteiger partial charge in [-0.2, -0.15) is 0 Å². The molecule has 1 aliphatic rings. The Bertz CT molecular complexity index is 270. The third-order valence-corrected chi connectivity index (χ3v) is 2.39. The number of amides is 1. The van der Waals surface area contributed by atoms with Gasteiger partial charge in [0.15, 0.2) is 0 Å². The van der Waals surface area contributed by atoms with Crippen LogP contribution in [0, 0.1) is 0 Å². The second-order valence-corrected chi connectivity index (χ2v) is 4.49. The number of carboxylic acid groups (broad SMARTS) is 1. The predicted octanol–water partition coefficient (Wildman–Crippen LogP) is -0.966. The molecular formula is C10H18N2O4. The zero-order valence-corrected chi connectivity index (χ0v) is 9.40. The molecule has 0 bridgehead atoms. The maximum atomic E-state index is 11.3. The molecule has 0 unspecified atom stereocenters. The smallest absolute Gasteiger partial charge is 0.303 e. The number of likely N-dealkylation sites (tertiary alicyclic amines) is 1. The first kappa shape index (κ1) is 12.9. The van der Waals surface area contributed by atoms with Crippen LogP contribution >= 0.6 is 0 Å². The monoisotopic (exact) mass is 230 g/mol. The molecule has 6 nitrogen and oxygen atoms in total. The lowest BCUT2D eigenvalue weighted by molar-refractivity contribution is -0.137. The summed E-state index contributed by atoms with van der Waals surface area (Å²) in [6.07, 6.45) is 0.511. The lowest BCUT2D eigenvalue weighted by Gasteiger charge is -2.43. The molecule has 0 saturated carbocycles. The molecule has 0 aliphatic carbocycles. The van der Waals surface area contributed by atoms with Gasteiger partial charge in [0.25, 0.3) is 0 Å². The van der Waals surface area contributed by atoms with Crippen LogP contribution in [0.5, 0.6) is 0 Å². The van der Waals surface area contributed by atoms with Crippen LogP contribution in [0.15, 0.2) is 0 Å². The van der Waals surface area contributed by atoms with E-state index in [1.807, 2.05) is 4.90 Å². The summed E-state index contributed by atoms with van der Waals surface area (Å²) in [6.45, 7) is 3.40. The van der Waals surface area contributed by atoms with E-state index in [1.54, 1.807) is 6.92 Å². The third-order valence-electron chi connectivity index (χ3n) is 2.39. The van der Waals surface area contributed by atoms with E-state index in [0.29, 0.717) is 26.1 Å². The maximum Gasteiger partial charge on any atom is 0.303 e. The van der Waals surface area contributed by atoms with E-state index in [1.165, 1.54) is 0 Å². The molecule has 1 saturated heterocycles. The lowest BCUT2D eigenvalue weighted by atomic mass is 9.97. The average molecular weight is 230 g/mol. The Balaban J connectivity index is 2.02. The van der Waals surface area contributed by atoms with E-state index in [0.717, 1.165) is 0 Å².